The molecule has 0 radical (unpaired) electrons. The second kappa shape index (κ2) is 94.4. The summed E-state index contributed by atoms with van der Waals surface area (Å²) in [5.41, 5.74) is 2.74. The van der Waals surface area contributed by atoms with Gasteiger partial charge in [-0.05, 0) is 195 Å². The van der Waals surface area contributed by atoms with Gasteiger partial charge in [-0.2, -0.15) is 0 Å². The van der Waals surface area contributed by atoms with E-state index < -0.39 is 29.7 Å². The van der Waals surface area contributed by atoms with Crippen molar-refractivity contribution in [2.24, 2.45) is 101 Å². The Balaban J connectivity index is -0.000000200. The number of carbonyl (C=O) groups is 14. The number of barbiturate groups is 1. The average molecular weight is 2090 g/mol. The van der Waals surface area contributed by atoms with Crippen LogP contribution in [0.5, 0.6) is 0 Å². The molecule has 23 nitrogen and oxygen atoms in total. The number of Topliss-reactive ketones (excluding diaryl/α,β-unsaturated/α-hetero) is 6. The van der Waals surface area contributed by atoms with Gasteiger partial charge in [-0.3, -0.25) is 77.6 Å². The lowest BCUT2D eigenvalue weighted by atomic mass is 9.99. The number of nitrogens with one attached hydrogen (secondary N) is 1. The molecular formula is C123H229N9O14S. The lowest BCUT2D eigenvalue weighted by molar-refractivity contribution is -0.136. The van der Waals surface area contributed by atoms with Crippen molar-refractivity contribution in [3.05, 3.63) is 95.1 Å². The maximum Gasteiger partial charge on any atom is 0.333 e. The largest absolute Gasteiger partial charge is 0.342 e. The minimum absolute atomic E-state index is 0. The topological polar surface area (TPSA) is 277 Å². The number of imide groups is 4. The van der Waals surface area contributed by atoms with Crippen LogP contribution in [-0.2, 0) is 70.4 Å². The van der Waals surface area contributed by atoms with Gasteiger partial charge < -0.3 is 29.3 Å². The van der Waals surface area contributed by atoms with Crippen molar-refractivity contribution >= 4 is 93.2 Å². The molecule has 24 heteroatoms. The number of allylic oxidation sites excluding steroid dienone is 2. The van der Waals surface area contributed by atoms with Gasteiger partial charge in [-0.25, -0.2) is 4.79 Å². The summed E-state index contributed by atoms with van der Waals surface area (Å²) >= 11 is 1.09. The fourth-order valence-corrected chi connectivity index (χ4v) is 13.9. The van der Waals surface area contributed by atoms with Gasteiger partial charge in [0.15, 0.2) is 5.78 Å². The van der Waals surface area contributed by atoms with Crippen LogP contribution in [-0.4, -0.2) is 240 Å². The Kier molecular flexibility index (Phi) is 101. The quantitative estimate of drug-likeness (QED) is 0.0318. The summed E-state index contributed by atoms with van der Waals surface area (Å²) in [6.45, 7) is 95.5. The van der Waals surface area contributed by atoms with Gasteiger partial charge in [0.2, 0.25) is 17.7 Å². The normalized spacial score (nSPS) is 14.9. The van der Waals surface area contributed by atoms with Gasteiger partial charge in [-0.1, -0.05) is 381 Å². The molecule has 6 saturated heterocycles. The highest BCUT2D eigenvalue weighted by atomic mass is 32.2. The standard InChI is InChI=1S/C11H14O.C11H16.C10H14N2O3.C10H22N2.C9H11NO3.C9H17NO.C9H19N.2C8H16O.C8H18.C7H11NO2S.C6H15N.2C5H10O.C5H12.2CH4/c1-9(2)11(12)8-10-6-4-3-5-7-10;1-10(2)8-9-11-6-4-3-5-7-11;1-6(2)5-7-8(13)11(3)10(15)12(4)9(7)14;1-4-11-5-7-12(8-6-11)9-10(2)3;1-5(2)3-6-7(11)4-8(12)10-9(6)13;1-8(2)9(11)10-6-4-3-5-7-10;1-9(2)8-10-6-4-3-5-7-10;1-6(2)5-8(9)7(3)4;1-7(2)5-4-6-8(3)9;1-7(2)5-6-8(3)4;1-5(2)3-8-6(9)4-11-7(8)10;1-6(2)5-7(3)4;2*1-4(2)5(3)6;1-4-5(2)3;;/h3-7,9H,8H2,1-2H3;3-7,10H,8-9H2,1-2H3;5-6H,1-4H3;10H,4-9H2,1-3H3;3,5H,4H2,1-2H3,(H,10,12,13);8H,3-7H2,1-2H3;9H,3-8H2,1-2H3;6-7H,5H2,1-4H3;7H,4-6H2,1-3H3;7-8H,5-6H2,1-4H3;5H,3-4H2,1-2H3;6H,5H2,1-4H3;2*4H,1-3H3;5H,4H2,1-3H3;2*1H4/b;;;;6-3+;;;;;;;;;;;;. The molecule has 6 aliphatic rings. The van der Waals surface area contributed by atoms with Crippen molar-refractivity contribution in [3.63, 3.8) is 0 Å². The van der Waals surface area contributed by atoms with E-state index in [9.17, 15) is 67.1 Å². The summed E-state index contributed by atoms with van der Waals surface area (Å²) < 4.78 is 0. The number of benzene rings is 2. The Morgan fingerprint density at radius 2 is 0.789 bits per heavy atom. The molecule has 0 unspecified atom stereocenters. The maximum absolute atomic E-state index is 11.6. The summed E-state index contributed by atoms with van der Waals surface area (Å²) in [5, 5.41) is 2.00. The van der Waals surface area contributed by atoms with E-state index in [0.717, 1.165) is 107 Å². The first-order valence-electron chi connectivity index (χ1n) is 55.3. The smallest absolute Gasteiger partial charge is 0.333 e. The van der Waals surface area contributed by atoms with Gasteiger partial charge in [0.25, 0.3) is 23.0 Å². The zero-order chi connectivity index (χ0) is 114. The summed E-state index contributed by atoms with van der Waals surface area (Å²) in [7, 11) is 6.92. The van der Waals surface area contributed by atoms with Crippen LogP contribution in [0.25, 0.3) is 0 Å². The Bertz CT molecular complexity index is 3740. The SMILES string of the molecule is C.C.CC(=O)C(C)C.CC(=O)C(C)C.CC(=O)CCCC(C)C.CC(C)/C=C1\C(=O)CC(=O)NC1=O.CC(C)C(=O)Cc1ccccc1.CC(C)C(=O)N1CCCCC1.CC(C)C=C1C(=O)N(C)C(=O)N(C)C1=O.CC(C)CC(=O)C(C)C.CC(C)CCC(C)C.CC(C)CCc1ccccc1.CC(C)CN(C)C.CC(C)CN1C(=O)CSC1=O.CC(C)CN1CCCCC1.CCC(C)C.CCN1CCN(CC(C)C)CC1. The first-order chi connectivity index (χ1) is 67.1. The fraction of sp³-hybridized carbons (Fsp3) is 0.756. The zero-order valence-electron chi connectivity index (χ0n) is 101. The van der Waals surface area contributed by atoms with E-state index in [1.807, 2.05) is 146 Å². The Hall–Kier alpha value is -7.51. The number of ketones is 6. The van der Waals surface area contributed by atoms with E-state index in [2.05, 4.69) is 208 Å². The molecule has 0 bridgehead atoms. The van der Waals surface area contributed by atoms with Crippen LogP contribution in [0.4, 0.5) is 9.59 Å². The van der Waals surface area contributed by atoms with Crippen LogP contribution in [0, 0.1) is 101 Å². The van der Waals surface area contributed by atoms with Crippen molar-refractivity contribution in [2.75, 3.05) is 119 Å². The highest BCUT2D eigenvalue weighted by Gasteiger charge is 2.38. The molecule has 0 aromatic heterocycles. The number of piperazine rings is 1. The fourth-order valence-electron chi connectivity index (χ4n) is 13.2. The van der Waals surface area contributed by atoms with Crippen LogP contribution in [0.1, 0.15) is 392 Å². The molecule has 856 valence electrons. The number of carbonyl (C=O) groups excluding carboxylic acids is 14. The zero-order valence-corrected chi connectivity index (χ0v) is 102. The summed E-state index contributed by atoms with van der Waals surface area (Å²) in [6, 6.07) is 19.9. The molecule has 0 spiro atoms. The minimum Gasteiger partial charge on any atom is -0.342 e. The van der Waals surface area contributed by atoms with Crippen molar-refractivity contribution < 1.29 is 67.1 Å². The number of hydrogen-bond donors (Lipinski definition) is 1. The molecule has 6 fully saturated rings. The summed E-state index contributed by atoms with van der Waals surface area (Å²) in [6.07, 6.45) is 21.8. The second-order valence-corrected chi connectivity index (χ2v) is 46.7. The molecule has 2 aromatic rings. The van der Waals surface area contributed by atoms with Gasteiger partial charge in [0.1, 0.15) is 34.5 Å². The van der Waals surface area contributed by atoms with Crippen molar-refractivity contribution in [2.45, 2.75) is 394 Å². The molecule has 0 aliphatic carbocycles. The highest BCUT2D eigenvalue weighted by molar-refractivity contribution is 8.14. The average Bonchev–Trinajstić information content (AvgIpc) is 1.20. The molecule has 0 saturated carbocycles. The number of urea groups is 1. The number of hydrogen-bond acceptors (Lipinski definition) is 19. The minimum atomic E-state index is -0.592. The van der Waals surface area contributed by atoms with Crippen LogP contribution < -0.4 is 5.32 Å². The molecule has 9 amide bonds. The van der Waals surface area contributed by atoms with E-state index in [1.54, 1.807) is 32.9 Å². The number of likely N-dealkylation sites (N-methyl/N-ethyl adjacent to an activating group) is 3. The van der Waals surface area contributed by atoms with E-state index in [4.69, 9.17) is 0 Å². The monoisotopic (exact) mass is 2090 g/mol. The van der Waals surface area contributed by atoms with Crippen molar-refractivity contribution in [1.29, 1.82) is 0 Å². The number of rotatable bonds is 31. The highest BCUT2D eigenvalue weighted by Crippen LogP contribution is 2.22. The number of aryl methyl sites for hydroxylation is 1. The third kappa shape index (κ3) is 96.5. The van der Waals surface area contributed by atoms with E-state index in [-0.39, 0.29) is 102 Å². The van der Waals surface area contributed by atoms with E-state index in [0.29, 0.717) is 53.8 Å². The van der Waals surface area contributed by atoms with Crippen LogP contribution in [0.15, 0.2) is 84.0 Å². The molecule has 8 rings (SSSR count). The molecule has 147 heavy (non-hydrogen) atoms. The first kappa shape index (κ1) is 157. The Labute approximate surface area is 908 Å². The molecule has 6 aliphatic heterocycles. The lowest BCUT2D eigenvalue weighted by Gasteiger charge is -2.34. The van der Waals surface area contributed by atoms with Gasteiger partial charge in [0.05, 0.1) is 17.7 Å². The third-order valence-corrected chi connectivity index (χ3v) is 23.6. The number of thioether (sulfide) groups is 1. The third-order valence-electron chi connectivity index (χ3n) is 22.7. The molecular weight excluding hydrogens is 1860 g/mol. The number of likely N-dealkylation sites (tertiary alicyclic amines) is 2. The second-order valence-electron chi connectivity index (χ2n) is 45.8. The van der Waals surface area contributed by atoms with Crippen molar-refractivity contribution in [1.82, 2.24) is 44.5 Å². The van der Waals surface area contributed by atoms with Gasteiger partial charge in [-0.15, -0.1) is 0 Å². The first-order valence-corrected chi connectivity index (χ1v) is 56.3. The molecule has 1 N–H and O–H groups in total. The van der Waals surface area contributed by atoms with Crippen LogP contribution in [0.3, 0.4) is 0 Å². The molecule has 6 heterocycles. The molecule has 0 atom stereocenters. The lowest BCUT2D eigenvalue weighted by Crippen LogP contribution is -2.53. The predicted octanol–water partition coefficient (Wildman–Crippen LogP) is 27.7. The maximum atomic E-state index is 11.6. The number of amides is 9. The Morgan fingerprint density at radius 3 is 1.08 bits per heavy atom. The van der Waals surface area contributed by atoms with Gasteiger partial charge in [0, 0.05) is 122 Å². The predicted molar refractivity (Wildman–Crippen MR) is 628 cm³/mol. The Morgan fingerprint density at radius 1 is 0.415 bits per heavy atom. The number of nitrogens with zero attached hydrogens (tertiary/aromatic N) is 8. The van der Waals surface area contributed by atoms with Crippen molar-refractivity contribution in [3.8, 4) is 0 Å². The van der Waals surface area contributed by atoms with Crippen LogP contribution in [0.2, 0.25) is 0 Å². The number of piperidine rings is 3. The van der Waals surface area contributed by atoms with Crippen LogP contribution >= 0.6 is 11.8 Å². The summed E-state index contributed by atoms with van der Waals surface area (Å²) in [4.78, 5) is 169. The van der Waals surface area contributed by atoms with E-state index >= 15 is 0 Å². The molecule has 2 aromatic carbocycles. The summed E-state index contributed by atoms with van der Waals surface area (Å²) in [5.74, 6) is 8.30. The van der Waals surface area contributed by atoms with Gasteiger partial charge >= 0.3 is 6.03 Å². The van der Waals surface area contributed by atoms with E-state index in [1.165, 1.54) is 167 Å².